The van der Waals surface area contributed by atoms with Crippen LogP contribution in [0.15, 0.2) is 75.2 Å². The number of carbonyl (C=O) groups is 1. The molecular weight excluding hydrogens is 419 g/mol. The van der Waals surface area contributed by atoms with Gasteiger partial charge in [-0.05, 0) is 43.3 Å². The third kappa shape index (κ3) is 4.25. The van der Waals surface area contributed by atoms with Gasteiger partial charge in [-0.2, -0.15) is 0 Å². The molecule has 0 N–H and O–H groups in total. The lowest BCUT2D eigenvalue weighted by atomic mass is 10.1. The normalized spacial score (nSPS) is 12.1. The number of hydrogen-bond donors (Lipinski definition) is 0. The molecule has 1 atom stereocenters. The fourth-order valence-electron chi connectivity index (χ4n) is 3.26. The van der Waals surface area contributed by atoms with Gasteiger partial charge >= 0.3 is 5.97 Å². The molecule has 2 aromatic heterocycles. The summed E-state index contributed by atoms with van der Waals surface area (Å²) in [7, 11) is 1.29. The van der Waals surface area contributed by atoms with Crippen LogP contribution in [0, 0.1) is 5.82 Å². The van der Waals surface area contributed by atoms with Crippen molar-refractivity contribution >= 4 is 28.6 Å². The van der Waals surface area contributed by atoms with E-state index in [1.54, 1.807) is 36.4 Å². The first-order chi connectivity index (χ1) is 15.0. The molecule has 8 heteroatoms. The fourth-order valence-corrected chi connectivity index (χ4v) is 4.32. The van der Waals surface area contributed by atoms with Crippen molar-refractivity contribution in [3.05, 3.63) is 93.9 Å². The van der Waals surface area contributed by atoms with Gasteiger partial charge in [0.1, 0.15) is 11.6 Å². The van der Waals surface area contributed by atoms with Crippen LogP contribution in [0.25, 0.3) is 10.9 Å². The van der Waals surface area contributed by atoms with Crippen LogP contribution in [0.3, 0.4) is 0 Å². The third-order valence-electron chi connectivity index (χ3n) is 4.86. The summed E-state index contributed by atoms with van der Waals surface area (Å²) in [5.74, 6) is -0.247. The van der Waals surface area contributed by atoms with Crippen molar-refractivity contribution in [2.75, 3.05) is 7.11 Å². The molecule has 0 fully saturated rings. The molecule has 0 saturated heterocycles. The van der Waals surface area contributed by atoms with Crippen LogP contribution in [0.1, 0.15) is 33.9 Å². The maximum Gasteiger partial charge on any atom is 0.337 e. The largest absolute Gasteiger partial charge is 0.467 e. The summed E-state index contributed by atoms with van der Waals surface area (Å²) < 4.78 is 26.0. The number of methoxy groups -OCH3 is 1. The fraction of sp³-hybridized carbons (Fsp3) is 0.174. The average molecular weight is 438 g/mol. The third-order valence-corrected chi connectivity index (χ3v) is 5.99. The number of ether oxygens (including phenoxy) is 1. The van der Waals surface area contributed by atoms with E-state index < -0.39 is 5.97 Å². The van der Waals surface area contributed by atoms with Crippen LogP contribution in [0.2, 0.25) is 0 Å². The summed E-state index contributed by atoms with van der Waals surface area (Å²) in [6, 6.07) is 14.6. The monoisotopic (exact) mass is 438 g/mol. The zero-order valence-corrected chi connectivity index (χ0v) is 17.7. The number of benzene rings is 2. The van der Waals surface area contributed by atoms with Crippen LogP contribution in [-0.4, -0.2) is 22.6 Å². The summed E-state index contributed by atoms with van der Waals surface area (Å²) >= 11 is 1.26. The van der Waals surface area contributed by atoms with E-state index >= 15 is 0 Å². The second-order valence-electron chi connectivity index (χ2n) is 6.87. The zero-order chi connectivity index (χ0) is 22.0. The highest BCUT2D eigenvalue weighted by atomic mass is 32.2. The quantitative estimate of drug-likeness (QED) is 0.244. The average Bonchev–Trinajstić information content (AvgIpc) is 3.29. The van der Waals surface area contributed by atoms with Crippen molar-refractivity contribution < 1.29 is 18.3 Å². The number of rotatable bonds is 6. The SMILES string of the molecule is COC(=O)c1ccc2c(=O)n(Cc3ccco3)c(SC(C)c3ccccc3F)nc2c1. The lowest BCUT2D eigenvalue weighted by Crippen LogP contribution is -2.24. The van der Waals surface area contributed by atoms with Gasteiger partial charge in [0.25, 0.3) is 5.56 Å². The van der Waals surface area contributed by atoms with E-state index in [9.17, 15) is 14.0 Å². The molecule has 2 heterocycles. The lowest BCUT2D eigenvalue weighted by Gasteiger charge is -2.16. The highest BCUT2D eigenvalue weighted by molar-refractivity contribution is 7.99. The molecule has 0 saturated carbocycles. The molecule has 0 aliphatic carbocycles. The molecule has 4 rings (SSSR count). The molecule has 6 nitrogen and oxygen atoms in total. The summed E-state index contributed by atoms with van der Waals surface area (Å²) in [4.78, 5) is 29.8. The summed E-state index contributed by atoms with van der Waals surface area (Å²) in [5, 5.41) is 0.450. The Morgan fingerprint density at radius 3 is 2.74 bits per heavy atom. The summed E-state index contributed by atoms with van der Waals surface area (Å²) in [5.41, 5.74) is 0.895. The summed E-state index contributed by atoms with van der Waals surface area (Å²) in [6.45, 7) is 2.03. The van der Waals surface area contributed by atoms with E-state index in [0.29, 0.717) is 32.9 Å². The minimum Gasteiger partial charge on any atom is -0.467 e. The smallest absolute Gasteiger partial charge is 0.337 e. The molecule has 2 aromatic carbocycles. The van der Waals surface area contributed by atoms with Crippen LogP contribution in [-0.2, 0) is 11.3 Å². The van der Waals surface area contributed by atoms with Crippen molar-refractivity contribution in [1.82, 2.24) is 9.55 Å². The van der Waals surface area contributed by atoms with Crippen molar-refractivity contribution in [1.29, 1.82) is 0 Å². The minimum absolute atomic E-state index is 0.180. The maximum atomic E-state index is 14.3. The number of thioether (sulfide) groups is 1. The predicted molar refractivity (Wildman–Crippen MR) is 116 cm³/mol. The highest BCUT2D eigenvalue weighted by Gasteiger charge is 2.19. The van der Waals surface area contributed by atoms with E-state index in [2.05, 4.69) is 4.98 Å². The Bertz CT molecular complexity index is 1300. The van der Waals surface area contributed by atoms with Crippen molar-refractivity contribution in [3.63, 3.8) is 0 Å². The number of fused-ring (bicyclic) bond motifs is 1. The van der Waals surface area contributed by atoms with Crippen LogP contribution in [0.4, 0.5) is 4.39 Å². The number of hydrogen-bond acceptors (Lipinski definition) is 6. The van der Waals surface area contributed by atoms with Crippen LogP contribution >= 0.6 is 11.8 Å². The number of furan rings is 1. The molecule has 4 aromatic rings. The second kappa shape index (κ2) is 8.77. The van der Waals surface area contributed by atoms with E-state index in [-0.39, 0.29) is 23.2 Å². The van der Waals surface area contributed by atoms with Gasteiger partial charge in [-0.25, -0.2) is 14.2 Å². The topological polar surface area (TPSA) is 74.3 Å². The van der Waals surface area contributed by atoms with Crippen LogP contribution in [0.5, 0.6) is 0 Å². The van der Waals surface area contributed by atoms with Gasteiger partial charge in [-0.15, -0.1) is 0 Å². The molecule has 0 radical (unpaired) electrons. The van der Waals surface area contributed by atoms with Gasteiger partial charge < -0.3 is 9.15 Å². The number of carbonyl (C=O) groups excluding carboxylic acids is 1. The second-order valence-corrected chi connectivity index (χ2v) is 8.18. The van der Waals surface area contributed by atoms with Crippen molar-refractivity contribution in [2.45, 2.75) is 23.9 Å². The first-order valence-electron chi connectivity index (χ1n) is 9.54. The molecule has 0 spiro atoms. The minimum atomic E-state index is -0.516. The van der Waals surface area contributed by atoms with Crippen LogP contribution < -0.4 is 5.56 Å². The van der Waals surface area contributed by atoms with E-state index in [1.165, 1.54) is 47.9 Å². The molecule has 158 valence electrons. The van der Waals surface area contributed by atoms with E-state index in [1.807, 2.05) is 6.92 Å². The Labute approximate surface area is 181 Å². The number of halogens is 1. The van der Waals surface area contributed by atoms with Gasteiger partial charge in [0.2, 0.25) is 0 Å². The Kier molecular flexibility index (Phi) is 5.90. The van der Waals surface area contributed by atoms with Gasteiger partial charge in [0, 0.05) is 10.8 Å². The molecule has 31 heavy (non-hydrogen) atoms. The first-order valence-corrected chi connectivity index (χ1v) is 10.4. The standard InChI is InChI=1S/C23H19FN2O4S/c1-14(17-7-3-4-8-19(17)24)31-23-25-20-12-15(22(28)29-2)9-10-18(20)21(27)26(23)13-16-6-5-11-30-16/h3-12,14H,13H2,1-2H3. The molecule has 0 amide bonds. The Balaban J connectivity index is 1.84. The molecule has 0 bridgehead atoms. The van der Waals surface area contributed by atoms with Gasteiger partial charge in [0.15, 0.2) is 5.16 Å². The maximum absolute atomic E-state index is 14.3. The summed E-state index contributed by atoms with van der Waals surface area (Å²) in [6.07, 6.45) is 1.53. The molecular formula is C23H19FN2O4S. The van der Waals surface area contributed by atoms with Crippen molar-refractivity contribution in [3.8, 4) is 0 Å². The Morgan fingerprint density at radius 2 is 2.03 bits per heavy atom. The number of nitrogens with zero attached hydrogens (tertiary/aromatic N) is 2. The zero-order valence-electron chi connectivity index (χ0n) is 16.9. The van der Waals surface area contributed by atoms with Gasteiger partial charge in [-0.3, -0.25) is 9.36 Å². The molecule has 0 aliphatic rings. The van der Waals surface area contributed by atoms with E-state index in [4.69, 9.17) is 9.15 Å². The van der Waals surface area contributed by atoms with Gasteiger partial charge in [-0.1, -0.05) is 30.0 Å². The number of esters is 1. The number of aromatic nitrogens is 2. The van der Waals surface area contributed by atoms with E-state index in [0.717, 1.165) is 0 Å². The first kappa shape index (κ1) is 20.9. The predicted octanol–water partition coefficient (Wildman–Crippen LogP) is 4.82. The molecule has 1 unspecified atom stereocenters. The Morgan fingerprint density at radius 1 is 1.23 bits per heavy atom. The Hall–Kier alpha value is -3.39. The lowest BCUT2D eigenvalue weighted by molar-refractivity contribution is 0.0601. The molecule has 0 aliphatic heterocycles. The van der Waals surface area contributed by atoms with Gasteiger partial charge in [0.05, 0.1) is 36.4 Å². The van der Waals surface area contributed by atoms with Crippen molar-refractivity contribution in [2.24, 2.45) is 0 Å². The highest BCUT2D eigenvalue weighted by Crippen LogP contribution is 2.35.